The van der Waals surface area contributed by atoms with Crippen LogP contribution in [-0.2, 0) is 6.42 Å². The summed E-state index contributed by atoms with van der Waals surface area (Å²) in [6, 6.07) is 2.98. The number of unbranched alkanes of at least 4 members (excludes halogenated alkanes) is 3. The lowest BCUT2D eigenvalue weighted by atomic mass is 9.98. The number of furan rings is 1. The summed E-state index contributed by atoms with van der Waals surface area (Å²) in [7, 11) is 0. The molecular formula is C17H18BrClO4. The number of phenols is 2. The van der Waals surface area contributed by atoms with Crippen LogP contribution in [0.25, 0.3) is 0 Å². The number of carbonyl (C=O) groups is 1. The number of rotatable bonds is 7. The van der Waals surface area contributed by atoms with Crippen molar-refractivity contribution in [3.63, 3.8) is 0 Å². The topological polar surface area (TPSA) is 70.7 Å². The molecule has 0 saturated heterocycles. The summed E-state index contributed by atoms with van der Waals surface area (Å²) >= 11 is 9.21. The molecule has 0 saturated carbocycles. The van der Waals surface area contributed by atoms with Crippen LogP contribution in [0.3, 0.4) is 0 Å². The molecule has 2 N–H and O–H groups in total. The monoisotopic (exact) mass is 400 g/mol. The number of aromatic hydroxyl groups is 2. The Bertz CT molecular complexity index is 709. The van der Waals surface area contributed by atoms with Crippen molar-refractivity contribution in [2.75, 3.05) is 0 Å². The second kappa shape index (κ2) is 7.88. The lowest BCUT2D eigenvalue weighted by Crippen LogP contribution is -2.03. The molecule has 0 amide bonds. The van der Waals surface area contributed by atoms with E-state index in [1.54, 1.807) is 0 Å². The van der Waals surface area contributed by atoms with Gasteiger partial charge in [0.05, 0.1) is 9.50 Å². The fraction of sp³-hybridized carbons (Fsp3) is 0.353. The van der Waals surface area contributed by atoms with E-state index in [2.05, 4.69) is 22.9 Å². The van der Waals surface area contributed by atoms with Crippen LogP contribution >= 0.6 is 27.5 Å². The summed E-state index contributed by atoms with van der Waals surface area (Å²) in [4.78, 5) is 12.5. The maximum absolute atomic E-state index is 12.5. The van der Waals surface area contributed by atoms with Crippen molar-refractivity contribution in [2.24, 2.45) is 0 Å². The Morgan fingerprint density at radius 2 is 1.96 bits per heavy atom. The van der Waals surface area contributed by atoms with E-state index in [-0.39, 0.29) is 22.1 Å². The minimum Gasteiger partial charge on any atom is -0.507 e. The normalized spacial score (nSPS) is 10.9. The Morgan fingerprint density at radius 3 is 2.57 bits per heavy atom. The van der Waals surface area contributed by atoms with Gasteiger partial charge in [-0.25, -0.2) is 0 Å². The largest absolute Gasteiger partial charge is 0.507 e. The van der Waals surface area contributed by atoms with E-state index in [0.29, 0.717) is 16.5 Å². The van der Waals surface area contributed by atoms with E-state index >= 15 is 0 Å². The molecule has 2 rings (SSSR count). The molecule has 0 aliphatic heterocycles. The molecule has 0 radical (unpaired) electrons. The number of aryl methyl sites for hydroxylation is 1. The molecule has 0 bridgehead atoms. The van der Waals surface area contributed by atoms with E-state index in [4.69, 9.17) is 16.0 Å². The maximum Gasteiger partial charge on any atom is 0.235 e. The number of carbonyl (C=O) groups excluding carboxylic acids is 1. The molecular weight excluding hydrogens is 384 g/mol. The van der Waals surface area contributed by atoms with Gasteiger partial charge in [0, 0.05) is 6.07 Å². The van der Waals surface area contributed by atoms with E-state index in [1.807, 2.05) is 0 Å². The number of ketones is 1. The van der Waals surface area contributed by atoms with Crippen LogP contribution in [-0.4, -0.2) is 16.0 Å². The van der Waals surface area contributed by atoms with Gasteiger partial charge in [-0.2, -0.15) is 0 Å². The third kappa shape index (κ3) is 4.09. The van der Waals surface area contributed by atoms with Crippen LogP contribution in [0.5, 0.6) is 11.5 Å². The fourth-order valence-corrected chi connectivity index (χ4v) is 2.91. The van der Waals surface area contributed by atoms with E-state index < -0.39 is 11.5 Å². The van der Waals surface area contributed by atoms with Gasteiger partial charge in [-0.15, -0.1) is 0 Å². The van der Waals surface area contributed by atoms with Gasteiger partial charge in [-0.3, -0.25) is 4.79 Å². The Morgan fingerprint density at radius 1 is 1.22 bits per heavy atom. The molecule has 0 spiro atoms. The Balaban J connectivity index is 2.34. The van der Waals surface area contributed by atoms with Crippen LogP contribution < -0.4 is 0 Å². The van der Waals surface area contributed by atoms with Crippen LogP contribution in [0.1, 0.15) is 54.3 Å². The second-order valence-electron chi connectivity index (χ2n) is 5.36. The van der Waals surface area contributed by atoms with Gasteiger partial charge in [0.1, 0.15) is 23.3 Å². The lowest BCUT2D eigenvalue weighted by Gasteiger charge is -2.12. The zero-order valence-electron chi connectivity index (χ0n) is 12.7. The highest BCUT2D eigenvalue weighted by Gasteiger charge is 2.25. The second-order valence-corrected chi connectivity index (χ2v) is 6.68. The molecule has 1 heterocycles. The molecule has 0 aliphatic carbocycles. The Kier molecular flexibility index (Phi) is 6.13. The maximum atomic E-state index is 12.5. The minimum atomic E-state index is -0.608. The molecule has 4 nitrogen and oxygen atoms in total. The summed E-state index contributed by atoms with van der Waals surface area (Å²) in [6.07, 6.45) is 6.08. The smallest absolute Gasteiger partial charge is 0.235 e. The molecule has 1 aromatic carbocycles. The highest BCUT2D eigenvalue weighted by atomic mass is 79.9. The molecule has 23 heavy (non-hydrogen) atoms. The Hall–Kier alpha value is -1.46. The SMILES string of the molecule is CCCCCCc1cc(Cl)c(O)c(C(=O)c2cc(Br)co2)c1O. The first-order valence-electron chi connectivity index (χ1n) is 7.47. The molecule has 0 fully saturated rings. The summed E-state index contributed by atoms with van der Waals surface area (Å²) in [5.74, 6) is -1.26. The third-order valence-corrected chi connectivity index (χ3v) is 4.33. The van der Waals surface area contributed by atoms with Crippen molar-refractivity contribution in [3.05, 3.63) is 44.8 Å². The number of benzene rings is 1. The van der Waals surface area contributed by atoms with Crippen molar-refractivity contribution in [1.29, 1.82) is 0 Å². The van der Waals surface area contributed by atoms with Crippen LogP contribution in [0.2, 0.25) is 5.02 Å². The average Bonchev–Trinajstić information content (AvgIpc) is 2.95. The van der Waals surface area contributed by atoms with E-state index in [9.17, 15) is 15.0 Å². The first kappa shape index (κ1) is 17.9. The highest BCUT2D eigenvalue weighted by Crippen LogP contribution is 2.39. The summed E-state index contributed by atoms with van der Waals surface area (Å²) in [5, 5.41) is 20.5. The van der Waals surface area contributed by atoms with E-state index in [1.165, 1.54) is 18.4 Å². The van der Waals surface area contributed by atoms with Crippen molar-refractivity contribution >= 4 is 33.3 Å². The molecule has 124 valence electrons. The lowest BCUT2D eigenvalue weighted by molar-refractivity contribution is 0.100. The number of hydrogen-bond acceptors (Lipinski definition) is 4. The van der Waals surface area contributed by atoms with Crippen LogP contribution in [0.15, 0.2) is 27.3 Å². The predicted molar refractivity (Wildman–Crippen MR) is 92.5 cm³/mol. The van der Waals surface area contributed by atoms with Gasteiger partial charge in [-0.1, -0.05) is 37.8 Å². The predicted octanol–water partition coefficient (Wildman–Crippen LogP) is 5.46. The number of halogens is 2. The molecule has 1 aromatic heterocycles. The van der Waals surface area contributed by atoms with E-state index in [0.717, 1.165) is 25.7 Å². The first-order chi connectivity index (χ1) is 11.0. The molecule has 0 aliphatic rings. The van der Waals surface area contributed by atoms with Gasteiger partial charge >= 0.3 is 0 Å². The third-order valence-electron chi connectivity index (χ3n) is 3.62. The number of phenolic OH excluding ortho intramolecular Hbond substituents is 2. The summed E-state index contributed by atoms with van der Waals surface area (Å²) < 4.78 is 5.72. The van der Waals surface area contributed by atoms with Gasteiger partial charge in [-0.05, 0) is 40.4 Å². The van der Waals surface area contributed by atoms with Crippen LogP contribution in [0, 0.1) is 0 Å². The standard InChI is InChI=1S/C17H18BrClO4/c1-2-3-4-5-6-10-7-12(19)16(21)14(15(10)20)17(22)13-8-11(18)9-23-13/h7-9,20-21H,2-6H2,1H3. The average molecular weight is 402 g/mol. The summed E-state index contributed by atoms with van der Waals surface area (Å²) in [5.41, 5.74) is 0.336. The van der Waals surface area contributed by atoms with Gasteiger partial charge in [0.15, 0.2) is 5.76 Å². The molecule has 2 aromatic rings. The van der Waals surface area contributed by atoms with Gasteiger partial charge in [0.25, 0.3) is 0 Å². The Labute approximate surface area is 148 Å². The number of hydrogen-bond donors (Lipinski definition) is 2. The minimum absolute atomic E-state index is 0.0154. The molecule has 6 heteroatoms. The van der Waals surface area contributed by atoms with Crippen molar-refractivity contribution in [3.8, 4) is 11.5 Å². The van der Waals surface area contributed by atoms with Gasteiger partial charge in [0.2, 0.25) is 5.78 Å². The van der Waals surface area contributed by atoms with Crippen molar-refractivity contribution in [2.45, 2.75) is 39.0 Å². The zero-order chi connectivity index (χ0) is 17.0. The van der Waals surface area contributed by atoms with Crippen molar-refractivity contribution < 1.29 is 19.4 Å². The van der Waals surface area contributed by atoms with Gasteiger partial charge < -0.3 is 14.6 Å². The first-order valence-corrected chi connectivity index (χ1v) is 8.64. The highest BCUT2D eigenvalue weighted by molar-refractivity contribution is 9.10. The quantitative estimate of drug-likeness (QED) is 0.477. The molecule has 0 unspecified atom stereocenters. The van der Waals surface area contributed by atoms with Crippen LogP contribution in [0.4, 0.5) is 0 Å². The molecule has 0 atom stereocenters. The summed E-state index contributed by atoms with van der Waals surface area (Å²) in [6.45, 7) is 2.12. The fourth-order valence-electron chi connectivity index (χ4n) is 2.39. The zero-order valence-corrected chi connectivity index (χ0v) is 15.1. The van der Waals surface area contributed by atoms with Crippen molar-refractivity contribution in [1.82, 2.24) is 0 Å².